The summed E-state index contributed by atoms with van der Waals surface area (Å²) < 4.78 is 26.7. The van der Waals surface area contributed by atoms with Crippen LogP contribution in [0.4, 0.5) is 4.79 Å². The zero-order valence-electron chi connectivity index (χ0n) is 8.27. The molecule has 10 nitrogen and oxygen atoms in total. The molecule has 0 saturated carbocycles. The number of carbonyl (C=O) groups excluding carboxylic acids is 1. The SMILES string of the molecule is O=C([O-])[O-].O=S([O-])([O-])=S.S.[NH4+].[NH4+].[NH4+].[NH4+]. The molecular weight excluding hydrogens is 260 g/mol. The normalized spacial score (nSPS) is 5.86. The van der Waals surface area contributed by atoms with Gasteiger partial charge in [0.05, 0.1) is 0 Å². The van der Waals surface area contributed by atoms with Crippen molar-refractivity contribution in [3.05, 3.63) is 0 Å². The minimum Gasteiger partial charge on any atom is -0.780 e. The lowest BCUT2D eigenvalue weighted by Gasteiger charge is -2.12. The summed E-state index contributed by atoms with van der Waals surface area (Å²) >= 11 is 3.24. The maximum absolute atomic E-state index is 8.89. The Balaban J connectivity index is -0.0000000104. The van der Waals surface area contributed by atoms with E-state index in [2.05, 4.69) is 11.2 Å². The maximum Gasteiger partial charge on any atom is -0.0431 e. The highest BCUT2D eigenvalue weighted by atomic mass is 32.9. The Bertz CT molecular complexity index is 168. The third kappa shape index (κ3) is 21700. The molecule has 13 heteroatoms. The Morgan fingerprint density at radius 3 is 1.00 bits per heavy atom. The van der Waals surface area contributed by atoms with Gasteiger partial charge in [0.25, 0.3) is 0 Å². The monoisotopic (exact) mass is 278 g/mol. The highest BCUT2D eigenvalue weighted by molar-refractivity contribution is 8.26. The molecular formula is CH18N4O6S3. The second-order valence-electron chi connectivity index (χ2n) is 0.658. The second kappa shape index (κ2) is 23.0. The fourth-order valence-electron chi connectivity index (χ4n) is 0. The Labute approximate surface area is 93.2 Å². The van der Waals surface area contributed by atoms with Crippen molar-refractivity contribution in [1.29, 1.82) is 0 Å². The molecule has 0 fully saturated rings. The first kappa shape index (κ1) is 49.1. The minimum atomic E-state index is -4.33. The molecule has 0 unspecified atom stereocenters. The standard InChI is InChI=1S/CH2O3.4H3N.H2O3S2.H2S/c2-1(3)4;;;;;1-5(2,3)4;/h(H2,2,3,4);4*1H3;(H2,1,2,3,4);1H2. The number of hydrogen-bond acceptors (Lipinski definition) is 7. The molecule has 0 aliphatic rings. The van der Waals surface area contributed by atoms with Gasteiger partial charge in [0, 0.05) is 0 Å². The van der Waals surface area contributed by atoms with E-state index in [0.29, 0.717) is 0 Å². The van der Waals surface area contributed by atoms with Gasteiger partial charge >= 0.3 is 0 Å². The van der Waals surface area contributed by atoms with Crippen LogP contribution >= 0.6 is 13.5 Å². The van der Waals surface area contributed by atoms with Gasteiger partial charge in [-0.2, -0.15) is 13.5 Å². The van der Waals surface area contributed by atoms with Crippen molar-refractivity contribution in [2.24, 2.45) is 0 Å². The van der Waals surface area contributed by atoms with Gasteiger partial charge in [0.15, 0.2) is 0 Å². The molecule has 0 heterocycles. The smallest absolute Gasteiger partial charge is 0.0431 e. The average molecular weight is 278 g/mol. The van der Waals surface area contributed by atoms with E-state index in [9.17, 15) is 0 Å². The van der Waals surface area contributed by atoms with Crippen LogP contribution in [0.5, 0.6) is 0 Å². The van der Waals surface area contributed by atoms with Crippen LogP contribution in [0.1, 0.15) is 0 Å². The molecule has 0 aliphatic heterocycles. The Hall–Kier alpha value is -0.250. The number of rotatable bonds is 0. The highest BCUT2D eigenvalue weighted by Gasteiger charge is 1.43. The van der Waals surface area contributed by atoms with Crippen molar-refractivity contribution < 1.29 is 28.3 Å². The van der Waals surface area contributed by atoms with E-state index in [4.69, 9.17) is 28.3 Å². The second-order valence-corrected chi connectivity index (χ2v) is 2.70. The van der Waals surface area contributed by atoms with Crippen molar-refractivity contribution in [1.82, 2.24) is 24.6 Å². The van der Waals surface area contributed by atoms with Gasteiger partial charge in [0.1, 0.15) is 0 Å². The van der Waals surface area contributed by atoms with E-state index in [1.165, 1.54) is 0 Å². The van der Waals surface area contributed by atoms with Crippen molar-refractivity contribution in [3.8, 4) is 0 Å². The third-order valence-corrected chi connectivity index (χ3v) is 0. The summed E-state index contributed by atoms with van der Waals surface area (Å²) in [6.07, 6.45) is -2.33. The maximum atomic E-state index is 8.89. The van der Waals surface area contributed by atoms with Crippen LogP contribution in [0, 0.1) is 0 Å². The first-order chi connectivity index (χ1) is 3.73. The predicted octanol–water partition coefficient (Wildman–Crippen LogP) is -1.84. The van der Waals surface area contributed by atoms with E-state index < -0.39 is 15.2 Å². The molecule has 0 aromatic heterocycles. The van der Waals surface area contributed by atoms with Crippen molar-refractivity contribution in [2.45, 2.75) is 0 Å². The minimum absolute atomic E-state index is 0. The number of hydrogen-bond donors (Lipinski definition) is 4. The fraction of sp³-hybridized carbons (Fsp3) is 0. The lowest BCUT2D eigenvalue weighted by atomic mass is 11.5. The van der Waals surface area contributed by atoms with Crippen molar-refractivity contribution >= 4 is 39.9 Å². The van der Waals surface area contributed by atoms with Gasteiger partial charge in [-0.1, -0.05) is 0 Å². The van der Waals surface area contributed by atoms with E-state index in [1.807, 2.05) is 0 Å². The summed E-state index contributed by atoms with van der Waals surface area (Å²) in [7, 11) is -4.33. The largest absolute Gasteiger partial charge is 0.780 e. The Kier molecular flexibility index (Phi) is 80.6. The van der Waals surface area contributed by atoms with E-state index >= 15 is 0 Å². The summed E-state index contributed by atoms with van der Waals surface area (Å²) in [6.45, 7) is 0. The lowest BCUT2D eigenvalue weighted by molar-refractivity contribution is -0.415. The molecule has 0 atom stereocenters. The molecule has 0 spiro atoms. The van der Waals surface area contributed by atoms with E-state index in [-0.39, 0.29) is 38.1 Å². The van der Waals surface area contributed by atoms with Gasteiger partial charge in [-0.25, -0.2) is 0 Å². The van der Waals surface area contributed by atoms with Crippen LogP contribution in [0.2, 0.25) is 0 Å². The highest BCUT2D eigenvalue weighted by Crippen LogP contribution is 1.60. The molecule has 0 rings (SSSR count). The molecule has 0 amide bonds. The van der Waals surface area contributed by atoms with Gasteiger partial charge in [-0.15, -0.1) is 9.05 Å². The van der Waals surface area contributed by atoms with Crippen LogP contribution < -0.4 is 34.8 Å². The summed E-state index contributed by atoms with van der Waals surface area (Å²) in [5.41, 5.74) is 0. The zero-order chi connectivity index (χ0) is 8.08. The molecule has 0 aliphatic carbocycles. The van der Waals surface area contributed by atoms with Crippen LogP contribution in [-0.4, -0.2) is 19.5 Å². The summed E-state index contributed by atoms with van der Waals surface area (Å²) in [5.74, 6) is 0. The van der Waals surface area contributed by atoms with Gasteiger partial charge < -0.3 is 48.7 Å². The first-order valence-electron chi connectivity index (χ1n) is 1.28. The van der Waals surface area contributed by atoms with Gasteiger partial charge in [-0.05, 0) is 17.3 Å². The molecule has 16 N–H and O–H groups in total. The lowest BCUT2D eigenvalue weighted by Crippen LogP contribution is -2.37. The molecule has 0 saturated heterocycles. The molecule has 96 valence electrons. The van der Waals surface area contributed by atoms with Crippen molar-refractivity contribution in [2.75, 3.05) is 0 Å². The number of quaternary nitrogens is 4. The first-order valence-corrected chi connectivity index (χ1v) is 3.61. The molecule has 0 bridgehead atoms. The van der Waals surface area contributed by atoms with Crippen LogP contribution in [0.25, 0.3) is 0 Å². The van der Waals surface area contributed by atoms with Crippen LogP contribution in [0.3, 0.4) is 0 Å². The van der Waals surface area contributed by atoms with Gasteiger partial charge in [-0.3, -0.25) is 4.21 Å². The summed E-state index contributed by atoms with van der Waals surface area (Å²) in [5, 5.41) is 16.7. The van der Waals surface area contributed by atoms with Crippen molar-refractivity contribution in [3.63, 3.8) is 0 Å². The fourth-order valence-corrected chi connectivity index (χ4v) is 0. The van der Waals surface area contributed by atoms with E-state index in [0.717, 1.165) is 0 Å². The summed E-state index contributed by atoms with van der Waals surface area (Å²) in [6, 6.07) is 0. The van der Waals surface area contributed by atoms with Crippen LogP contribution in [0.15, 0.2) is 0 Å². The topological polar surface area (TPSA) is 272 Å². The number of carboxylic acid groups (broad SMARTS) is 2. The average Bonchev–Trinajstić information content (AvgIpc) is 1.19. The third-order valence-electron chi connectivity index (χ3n) is 0. The Morgan fingerprint density at radius 1 is 1.00 bits per heavy atom. The van der Waals surface area contributed by atoms with Crippen LogP contribution in [-0.2, 0) is 20.2 Å². The molecule has 0 aromatic carbocycles. The number of carbonyl (C=O) groups is 1. The quantitative estimate of drug-likeness (QED) is 0.392. The molecule has 14 heavy (non-hydrogen) atoms. The summed E-state index contributed by atoms with van der Waals surface area (Å²) in [4.78, 5) is 8.33. The zero-order valence-corrected chi connectivity index (χ0v) is 10.9. The Morgan fingerprint density at radius 2 is 1.00 bits per heavy atom. The molecule has 0 radical (unpaired) electrons. The molecule has 0 aromatic rings. The predicted molar refractivity (Wildman–Crippen MR) is 56.8 cm³/mol. The van der Waals surface area contributed by atoms with E-state index in [1.54, 1.807) is 0 Å². The van der Waals surface area contributed by atoms with Gasteiger partial charge in [0.2, 0.25) is 0 Å².